The summed E-state index contributed by atoms with van der Waals surface area (Å²) in [7, 11) is 2.75. The van der Waals surface area contributed by atoms with Gasteiger partial charge in [-0.15, -0.1) is 0 Å². The monoisotopic (exact) mass is 414 g/mol. The first-order valence-corrected chi connectivity index (χ1v) is 9.42. The Morgan fingerprint density at radius 3 is 2.57 bits per heavy atom. The summed E-state index contributed by atoms with van der Waals surface area (Å²) >= 11 is 0. The predicted octanol–water partition coefficient (Wildman–Crippen LogP) is 3.60. The normalized spacial score (nSPS) is 15.9. The summed E-state index contributed by atoms with van der Waals surface area (Å²) < 4.78 is 30.3. The molecule has 2 aromatic rings. The molecule has 1 unspecified atom stereocenters. The first-order valence-electron chi connectivity index (χ1n) is 9.42. The minimum atomic E-state index is -0.827. The molecule has 0 radical (unpaired) electrons. The summed E-state index contributed by atoms with van der Waals surface area (Å²) in [4.78, 5) is 24.8. The van der Waals surface area contributed by atoms with Crippen LogP contribution in [-0.2, 0) is 16.1 Å². The second-order valence-corrected chi connectivity index (χ2v) is 6.53. The van der Waals surface area contributed by atoms with Gasteiger partial charge in [-0.3, -0.25) is 0 Å². The molecular formula is C22H23FN2O5. The van der Waals surface area contributed by atoms with Gasteiger partial charge in [0.25, 0.3) is 0 Å². The molecule has 3 rings (SSSR count). The van der Waals surface area contributed by atoms with Crippen LogP contribution in [0.25, 0.3) is 0 Å². The van der Waals surface area contributed by atoms with Crippen LogP contribution in [0.5, 0.6) is 11.5 Å². The highest BCUT2D eigenvalue weighted by atomic mass is 19.1. The lowest BCUT2D eigenvalue weighted by Gasteiger charge is -2.30. The van der Waals surface area contributed by atoms with E-state index in [0.29, 0.717) is 34.7 Å². The van der Waals surface area contributed by atoms with E-state index in [-0.39, 0.29) is 12.2 Å². The van der Waals surface area contributed by atoms with Crippen LogP contribution >= 0.6 is 0 Å². The van der Waals surface area contributed by atoms with E-state index < -0.39 is 23.9 Å². The third kappa shape index (κ3) is 4.22. The van der Waals surface area contributed by atoms with Crippen LogP contribution in [0.1, 0.15) is 30.5 Å². The van der Waals surface area contributed by atoms with Crippen LogP contribution in [0.4, 0.5) is 9.18 Å². The Morgan fingerprint density at radius 1 is 1.13 bits per heavy atom. The van der Waals surface area contributed by atoms with E-state index in [9.17, 15) is 14.0 Å². The molecule has 0 aliphatic carbocycles. The van der Waals surface area contributed by atoms with Gasteiger partial charge in [0, 0.05) is 16.8 Å². The fourth-order valence-electron chi connectivity index (χ4n) is 3.32. The lowest BCUT2D eigenvalue weighted by atomic mass is 9.93. The van der Waals surface area contributed by atoms with Crippen molar-refractivity contribution in [1.29, 1.82) is 0 Å². The fraction of sp³-hybridized carbons (Fsp3) is 0.273. The van der Waals surface area contributed by atoms with Crippen molar-refractivity contribution in [2.75, 3.05) is 14.2 Å². The topological polar surface area (TPSA) is 85.9 Å². The number of para-hydroxylation sites is 1. The predicted molar refractivity (Wildman–Crippen MR) is 107 cm³/mol. The van der Waals surface area contributed by atoms with Gasteiger partial charge >= 0.3 is 12.0 Å². The standard InChI is InChI=1S/C22H23FN2O5/c1-4-16-18(21(26)29-3)19(25-22(27)24-16)14-9-7-11-17(28-2)20(14)30-12-13-8-5-6-10-15(13)23/h5-11,19H,4,12H2,1-3H3,(H2,24,25,27). The highest BCUT2D eigenvalue weighted by Gasteiger charge is 2.35. The number of amides is 2. The third-order valence-electron chi connectivity index (χ3n) is 4.78. The van der Waals surface area contributed by atoms with Crippen molar-refractivity contribution < 1.29 is 28.2 Å². The van der Waals surface area contributed by atoms with Crippen molar-refractivity contribution in [3.63, 3.8) is 0 Å². The molecule has 30 heavy (non-hydrogen) atoms. The van der Waals surface area contributed by atoms with Gasteiger partial charge in [0.1, 0.15) is 12.4 Å². The number of carbonyl (C=O) groups is 2. The number of methoxy groups -OCH3 is 2. The van der Waals surface area contributed by atoms with Crippen molar-refractivity contribution in [1.82, 2.24) is 10.6 Å². The molecule has 0 aromatic heterocycles. The zero-order valence-electron chi connectivity index (χ0n) is 17.0. The largest absolute Gasteiger partial charge is 0.493 e. The van der Waals surface area contributed by atoms with Crippen molar-refractivity contribution >= 4 is 12.0 Å². The SMILES string of the molecule is CCC1=C(C(=O)OC)C(c2cccc(OC)c2OCc2ccccc2F)NC(=O)N1. The molecule has 2 amide bonds. The van der Waals surface area contributed by atoms with Gasteiger partial charge in [-0.1, -0.05) is 37.3 Å². The third-order valence-corrected chi connectivity index (χ3v) is 4.78. The first kappa shape index (κ1) is 21.2. The number of rotatable bonds is 7. The van der Waals surface area contributed by atoms with Crippen molar-refractivity contribution in [3.05, 3.63) is 70.7 Å². The quantitative estimate of drug-likeness (QED) is 0.676. The van der Waals surface area contributed by atoms with Gasteiger partial charge in [-0.25, -0.2) is 14.0 Å². The molecule has 1 aliphatic heterocycles. The highest BCUT2D eigenvalue weighted by molar-refractivity contribution is 5.95. The Bertz CT molecular complexity index is 989. The number of hydrogen-bond acceptors (Lipinski definition) is 5. The van der Waals surface area contributed by atoms with E-state index in [4.69, 9.17) is 14.2 Å². The lowest BCUT2D eigenvalue weighted by molar-refractivity contribution is -0.136. The molecule has 0 saturated carbocycles. The Labute approximate surface area is 173 Å². The van der Waals surface area contributed by atoms with Crippen LogP contribution in [0.3, 0.4) is 0 Å². The van der Waals surface area contributed by atoms with E-state index in [1.165, 1.54) is 20.3 Å². The zero-order valence-corrected chi connectivity index (χ0v) is 17.0. The van der Waals surface area contributed by atoms with Crippen molar-refractivity contribution in [2.45, 2.75) is 26.0 Å². The van der Waals surface area contributed by atoms with Gasteiger partial charge in [0.15, 0.2) is 11.5 Å². The molecule has 0 bridgehead atoms. The maximum Gasteiger partial charge on any atom is 0.337 e. The summed E-state index contributed by atoms with van der Waals surface area (Å²) in [6, 6.07) is 10.1. The van der Waals surface area contributed by atoms with Gasteiger partial charge in [0.05, 0.1) is 25.8 Å². The maximum atomic E-state index is 14.0. The Kier molecular flexibility index (Phi) is 6.56. The molecule has 2 N–H and O–H groups in total. The van der Waals surface area contributed by atoms with E-state index >= 15 is 0 Å². The van der Waals surface area contributed by atoms with Crippen LogP contribution in [-0.4, -0.2) is 26.2 Å². The fourth-order valence-corrected chi connectivity index (χ4v) is 3.32. The number of nitrogens with one attached hydrogen (secondary N) is 2. The number of hydrogen-bond donors (Lipinski definition) is 2. The average molecular weight is 414 g/mol. The smallest absolute Gasteiger partial charge is 0.337 e. The van der Waals surface area contributed by atoms with Crippen LogP contribution in [0.15, 0.2) is 53.7 Å². The summed E-state index contributed by atoms with van der Waals surface area (Å²) in [5.41, 5.74) is 1.58. The van der Waals surface area contributed by atoms with E-state index in [1.54, 1.807) is 36.4 Å². The molecule has 1 heterocycles. The number of urea groups is 1. The number of halogens is 1. The molecule has 0 spiro atoms. The summed E-state index contributed by atoms with van der Waals surface area (Å²) in [5.74, 6) is -0.286. The van der Waals surface area contributed by atoms with E-state index in [0.717, 1.165) is 0 Å². The molecule has 8 heteroatoms. The molecule has 0 saturated heterocycles. The van der Waals surface area contributed by atoms with E-state index in [1.807, 2.05) is 6.92 Å². The Balaban J connectivity index is 2.07. The molecule has 7 nitrogen and oxygen atoms in total. The van der Waals surface area contributed by atoms with Crippen LogP contribution in [0, 0.1) is 5.82 Å². The molecule has 2 aromatic carbocycles. The number of carbonyl (C=O) groups excluding carboxylic acids is 2. The molecule has 158 valence electrons. The van der Waals surface area contributed by atoms with Gasteiger partial charge in [-0.05, 0) is 18.6 Å². The minimum absolute atomic E-state index is 0.0587. The van der Waals surface area contributed by atoms with Gasteiger partial charge in [0.2, 0.25) is 0 Å². The maximum absolute atomic E-state index is 14.0. The van der Waals surface area contributed by atoms with Crippen molar-refractivity contribution in [3.8, 4) is 11.5 Å². The lowest BCUT2D eigenvalue weighted by Crippen LogP contribution is -2.45. The molecule has 0 fully saturated rings. The second kappa shape index (κ2) is 9.30. The average Bonchev–Trinajstić information content (AvgIpc) is 2.77. The minimum Gasteiger partial charge on any atom is -0.493 e. The van der Waals surface area contributed by atoms with Crippen LogP contribution in [0.2, 0.25) is 0 Å². The summed E-state index contributed by atoms with van der Waals surface area (Å²) in [6.07, 6.45) is 0.420. The molecule has 1 atom stereocenters. The first-order chi connectivity index (χ1) is 14.5. The second-order valence-electron chi connectivity index (χ2n) is 6.53. The number of benzene rings is 2. The van der Waals surface area contributed by atoms with Crippen LogP contribution < -0.4 is 20.1 Å². The van der Waals surface area contributed by atoms with Gasteiger partial charge < -0.3 is 24.8 Å². The Morgan fingerprint density at radius 2 is 1.90 bits per heavy atom. The number of allylic oxidation sites excluding steroid dienone is 1. The molecular weight excluding hydrogens is 391 g/mol. The molecule has 1 aliphatic rings. The summed E-state index contributed by atoms with van der Waals surface area (Å²) in [6.45, 7) is 1.76. The number of ether oxygens (including phenoxy) is 3. The Hall–Kier alpha value is -3.55. The van der Waals surface area contributed by atoms with Gasteiger partial charge in [-0.2, -0.15) is 0 Å². The highest BCUT2D eigenvalue weighted by Crippen LogP contribution is 2.40. The van der Waals surface area contributed by atoms with Crippen molar-refractivity contribution in [2.24, 2.45) is 0 Å². The zero-order chi connectivity index (χ0) is 21.7. The van der Waals surface area contributed by atoms with E-state index in [2.05, 4.69) is 10.6 Å². The number of esters is 1. The summed E-state index contributed by atoms with van der Waals surface area (Å²) in [5, 5.41) is 5.40.